The molecule has 1 rings (SSSR count). The van der Waals surface area contributed by atoms with Gasteiger partial charge in [0.05, 0.1) is 11.5 Å². The van der Waals surface area contributed by atoms with Gasteiger partial charge in [-0.1, -0.05) is 12.1 Å². The minimum absolute atomic E-state index is 0.251. The summed E-state index contributed by atoms with van der Waals surface area (Å²) in [6, 6.07) is 7.54. The Bertz CT molecular complexity index is 361. The average molecular weight is 175 g/mol. The lowest BCUT2D eigenvalue weighted by Crippen LogP contribution is -2.13. The topological polar surface area (TPSA) is 44.0 Å². The molecule has 0 amide bonds. The second kappa shape index (κ2) is 3.10. The Morgan fingerprint density at radius 3 is 2.46 bits per heavy atom. The third-order valence-corrected chi connectivity index (χ3v) is 2.21. The van der Waals surface area contributed by atoms with E-state index in [2.05, 4.69) is 6.07 Å². The summed E-state index contributed by atoms with van der Waals surface area (Å²) in [5.41, 5.74) is 1.14. The van der Waals surface area contributed by atoms with Gasteiger partial charge in [-0.25, -0.2) is 0 Å². The van der Waals surface area contributed by atoms with Crippen LogP contribution in [-0.4, -0.2) is 5.11 Å². The highest BCUT2D eigenvalue weighted by Gasteiger charge is 2.20. The number of rotatable bonds is 1. The van der Waals surface area contributed by atoms with Crippen LogP contribution in [0.15, 0.2) is 18.2 Å². The predicted molar refractivity (Wildman–Crippen MR) is 51.5 cm³/mol. The van der Waals surface area contributed by atoms with Crippen LogP contribution in [0.3, 0.4) is 0 Å². The van der Waals surface area contributed by atoms with Gasteiger partial charge in [-0.15, -0.1) is 0 Å². The van der Waals surface area contributed by atoms with Crippen LogP contribution in [0.4, 0.5) is 0 Å². The number of aromatic hydroxyl groups is 1. The van der Waals surface area contributed by atoms with Crippen LogP contribution in [0.2, 0.25) is 0 Å². The van der Waals surface area contributed by atoms with E-state index in [4.69, 9.17) is 5.26 Å². The number of phenols is 1. The monoisotopic (exact) mass is 175 g/mol. The number of hydrogen-bond acceptors (Lipinski definition) is 2. The van der Waals surface area contributed by atoms with Crippen LogP contribution in [0, 0.1) is 18.3 Å². The molecule has 0 aliphatic carbocycles. The maximum atomic E-state index is 9.45. The van der Waals surface area contributed by atoms with Gasteiger partial charge in [0.25, 0.3) is 0 Å². The van der Waals surface area contributed by atoms with Crippen LogP contribution in [0.1, 0.15) is 25.0 Å². The first-order valence-corrected chi connectivity index (χ1v) is 4.19. The van der Waals surface area contributed by atoms with Crippen molar-refractivity contribution in [1.82, 2.24) is 0 Å². The number of phenolic OH excluding ortho intramolecular Hbond substituents is 1. The number of nitriles is 1. The van der Waals surface area contributed by atoms with Crippen molar-refractivity contribution in [2.45, 2.75) is 26.2 Å². The van der Waals surface area contributed by atoms with Crippen molar-refractivity contribution in [2.24, 2.45) is 0 Å². The minimum Gasteiger partial charge on any atom is -0.508 e. The van der Waals surface area contributed by atoms with Gasteiger partial charge in [0.1, 0.15) is 5.75 Å². The van der Waals surface area contributed by atoms with E-state index in [0.717, 1.165) is 11.1 Å². The van der Waals surface area contributed by atoms with Gasteiger partial charge in [-0.3, -0.25) is 0 Å². The summed E-state index contributed by atoms with van der Waals surface area (Å²) in [6.45, 7) is 5.49. The van der Waals surface area contributed by atoms with Crippen LogP contribution in [-0.2, 0) is 5.41 Å². The molecule has 0 bridgehead atoms. The number of benzene rings is 1. The van der Waals surface area contributed by atoms with E-state index in [1.807, 2.05) is 32.9 Å². The molecule has 0 atom stereocenters. The molecule has 0 spiro atoms. The van der Waals surface area contributed by atoms with Crippen molar-refractivity contribution >= 4 is 0 Å². The fraction of sp³-hybridized carbons (Fsp3) is 0.364. The molecular weight excluding hydrogens is 162 g/mol. The molecule has 1 aromatic rings. The molecule has 68 valence electrons. The normalized spacial score (nSPS) is 10.9. The molecule has 2 heteroatoms. The van der Waals surface area contributed by atoms with Gasteiger partial charge in [0, 0.05) is 0 Å². The molecule has 0 aliphatic heterocycles. The first-order chi connectivity index (χ1) is 5.97. The molecule has 0 saturated carbocycles. The van der Waals surface area contributed by atoms with Crippen molar-refractivity contribution in [3.05, 3.63) is 29.3 Å². The Balaban J connectivity index is 3.20. The van der Waals surface area contributed by atoms with E-state index < -0.39 is 5.41 Å². The molecule has 13 heavy (non-hydrogen) atoms. The molecule has 0 fully saturated rings. The van der Waals surface area contributed by atoms with E-state index in [-0.39, 0.29) is 5.75 Å². The van der Waals surface area contributed by atoms with Crippen molar-refractivity contribution in [2.75, 3.05) is 0 Å². The Morgan fingerprint density at radius 2 is 2.00 bits per heavy atom. The first kappa shape index (κ1) is 9.60. The summed E-state index contributed by atoms with van der Waals surface area (Å²) >= 11 is 0. The highest BCUT2D eigenvalue weighted by atomic mass is 16.3. The fourth-order valence-electron chi connectivity index (χ4n) is 1.06. The van der Waals surface area contributed by atoms with Crippen LogP contribution >= 0.6 is 0 Å². The molecular formula is C11H13NO. The first-order valence-electron chi connectivity index (χ1n) is 4.19. The van der Waals surface area contributed by atoms with Crippen molar-refractivity contribution in [1.29, 1.82) is 5.26 Å². The molecule has 0 unspecified atom stereocenters. The SMILES string of the molecule is Cc1ccc(C(C)(C)C#N)cc1O. The number of aryl methyl sites for hydroxylation is 1. The summed E-state index contributed by atoms with van der Waals surface area (Å²) in [5.74, 6) is 0.251. The molecule has 0 aliphatic rings. The third kappa shape index (κ3) is 1.81. The molecule has 0 heterocycles. The summed E-state index contributed by atoms with van der Waals surface area (Å²) in [5, 5.41) is 18.3. The van der Waals surface area contributed by atoms with E-state index in [9.17, 15) is 5.11 Å². The van der Waals surface area contributed by atoms with Crippen LogP contribution < -0.4 is 0 Å². The van der Waals surface area contributed by atoms with Gasteiger partial charge >= 0.3 is 0 Å². The van der Waals surface area contributed by atoms with Gasteiger partial charge in [-0.2, -0.15) is 5.26 Å². The Kier molecular flexibility index (Phi) is 2.29. The van der Waals surface area contributed by atoms with Crippen LogP contribution in [0.5, 0.6) is 5.75 Å². The maximum absolute atomic E-state index is 9.45. The van der Waals surface area contributed by atoms with Gasteiger partial charge < -0.3 is 5.11 Å². The highest BCUT2D eigenvalue weighted by Crippen LogP contribution is 2.27. The van der Waals surface area contributed by atoms with Crippen molar-refractivity contribution in [3.8, 4) is 11.8 Å². The van der Waals surface area contributed by atoms with E-state index in [0.29, 0.717) is 0 Å². The van der Waals surface area contributed by atoms with Gasteiger partial charge in [0.2, 0.25) is 0 Å². The third-order valence-electron chi connectivity index (χ3n) is 2.21. The van der Waals surface area contributed by atoms with Crippen molar-refractivity contribution < 1.29 is 5.11 Å². The van der Waals surface area contributed by atoms with E-state index in [1.54, 1.807) is 6.07 Å². The molecule has 2 nitrogen and oxygen atoms in total. The molecule has 0 saturated heterocycles. The summed E-state index contributed by atoms with van der Waals surface area (Å²) in [7, 11) is 0. The standard InChI is InChI=1S/C11H13NO/c1-8-4-5-9(6-10(8)13)11(2,3)7-12/h4-6,13H,1-3H3. The van der Waals surface area contributed by atoms with Crippen LogP contribution in [0.25, 0.3) is 0 Å². The lowest BCUT2D eigenvalue weighted by atomic mass is 9.86. The molecule has 0 aromatic heterocycles. The zero-order valence-corrected chi connectivity index (χ0v) is 8.13. The molecule has 1 N–H and O–H groups in total. The smallest absolute Gasteiger partial charge is 0.118 e. The fourth-order valence-corrected chi connectivity index (χ4v) is 1.06. The summed E-state index contributed by atoms with van der Waals surface area (Å²) in [6.07, 6.45) is 0. The Morgan fingerprint density at radius 1 is 1.38 bits per heavy atom. The second-order valence-electron chi connectivity index (χ2n) is 3.74. The lowest BCUT2D eigenvalue weighted by Gasteiger charge is -2.16. The number of hydrogen-bond donors (Lipinski definition) is 1. The quantitative estimate of drug-likeness (QED) is 0.712. The largest absolute Gasteiger partial charge is 0.508 e. The predicted octanol–water partition coefficient (Wildman–Crippen LogP) is 2.50. The Hall–Kier alpha value is -1.49. The average Bonchev–Trinajstić information content (AvgIpc) is 2.09. The zero-order chi connectivity index (χ0) is 10.1. The Labute approximate surface area is 78.4 Å². The van der Waals surface area contributed by atoms with Gasteiger partial charge in [0.15, 0.2) is 0 Å². The maximum Gasteiger partial charge on any atom is 0.118 e. The van der Waals surface area contributed by atoms with Crippen molar-refractivity contribution in [3.63, 3.8) is 0 Å². The lowest BCUT2D eigenvalue weighted by molar-refractivity contribution is 0.468. The summed E-state index contributed by atoms with van der Waals surface area (Å²) < 4.78 is 0. The molecule has 0 radical (unpaired) electrons. The zero-order valence-electron chi connectivity index (χ0n) is 8.13. The number of nitrogens with zero attached hydrogens (tertiary/aromatic N) is 1. The van der Waals surface area contributed by atoms with Gasteiger partial charge in [-0.05, 0) is 38.0 Å². The molecule has 1 aromatic carbocycles. The van der Waals surface area contributed by atoms with E-state index in [1.165, 1.54) is 0 Å². The van der Waals surface area contributed by atoms with E-state index >= 15 is 0 Å². The second-order valence-corrected chi connectivity index (χ2v) is 3.74. The summed E-state index contributed by atoms with van der Waals surface area (Å²) in [4.78, 5) is 0. The highest BCUT2D eigenvalue weighted by molar-refractivity contribution is 5.40. The minimum atomic E-state index is -0.537.